The molecule has 6 heteroatoms. The van der Waals surface area contributed by atoms with Crippen LogP contribution in [0.4, 0.5) is 0 Å². The van der Waals surface area contributed by atoms with E-state index in [1.165, 1.54) is 12.8 Å². The zero-order valence-electron chi connectivity index (χ0n) is 13.7. The first-order valence-corrected chi connectivity index (χ1v) is 8.94. The molecule has 1 aromatic rings. The molecule has 4 rings (SSSR count). The number of piperidine rings is 1. The first kappa shape index (κ1) is 15.1. The largest absolute Gasteiger partial charge is 0.379 e. The average molecular weight is 318 g/mol. The van der Waals surface area contributed by atoms with Crippen molar-refractivity contribution in [2.75, 3.05) is 45.9 Å². The first-order valence-electron chi connectivity index (χ1n) is 8.94. The highest BCUT2D eigenvalue weighted by Crippen LogP contribution is 2.39. The summed E-state index contributed by atoms with van der Waals surface area (Å²) in [6.45, 7) is 6.70. The Bertz CT molecular complexity index is 541. The van der Waals surface area contributed by atoms with Gasteiger partial charge in [0.05, 0.1) is 13.2 Å². The maximum atomic E-state index is 12.6. The van der Waals surface area contributed by atoms with Crippen LogP contribution in [0.1, 0.15) is 47.8 Å². The molecule has 0 radical (unpaired) electrons. The normalized spacial score (nSPS) is 24.1. The van der Waals surface area contributed by atoms with Gasteiger partial charge in [-0.15, -0.1) is 0 Å². The number of hydrogen-bond acceptors (Lipinski definition) is 4. The summed E-state index contributed by atoms with van der Waals surface area (Å²) >= 11 is 0. The quantitative estimate of drug-likeness (QED) is 0.913. The van der Waals surface area contributed by atoms with Crippen molar-refractivity contribution < 1.29 is 9.53 Å². The van der Waals surface area contributed by atoms with E-state index in [1.807, 2.05) is 11.0 Å². The number of morpholine rings is 1. The number of amides is 1. The minimum atomic E-state index is 0.0953. The zero-order chi connectivity index (χ0) is 15.6. The van der Waals surface area contributed by atoms with Gasteiger partial charge in [-0.25, -0.2) is 0 Å². The van der Waals surface area contributed by atoms with Crippen LogP contribution < -0.4 is 0 Å². The van der Waals surface area contributed by atoms with Crippen molar-refractivity contribution >= 4 is 5.91 Å². The molecule has 1 saturated carbocycles. The van der Waals surface area contributed by atoms with Crippen LogP contribution >= 0.6 is 0 Å². The molecule has 0 aromatic carbocycles. The molecule has 1 N–H and O–H groups in total. The van der Waals surface area contributed by atoms with Gasteiger partial charge in [-0.1, -0.05) is 0 Å². The summed E-state index contributed by atoms with van der Waals surface area (Å²) < 4.78 is 5.41. The maximum Gasteiger partial charge on any atom is 0.274 e. The van der Waals surface area contributed by atoms with E-state index >= 15 is 0 Å². The van der Waals surface area contributed by atoms with Crippen LogP contribution in [0.5, 0.6) is 0 Å². The van der Waals surface area contributed by atoms with Crippen molar-refractivity contribution in [3.63, 3.8) is 0 Å². The maximum absolute atomic E-state index is 12.6. The number of nitrogens with zero attached hydrogens (tertiary/aromatic N) is 3. The molecular formula is C17H26N4O2. The summed E-state index contributed by atoms with van der Waals surface area (Å²) in [6, 6.07) is 1.96. The summed E-state index contributed by atoms with van der Waals surface area (Å²) in [7, 11) is 0. The lowest BCUT2D eigenvalue weighted by Gasteiger charge is -2.35. The van der Waals surface area contributed by atoms with Crippen LogP contribution in [0.15, 0.2) is 6.07 Å². The summed E-state index contributed by atoms with van der Waals surface area (Å²) in [5, 5.41) is 7.26. The van der Waals surface area contributed by atoms with Gasteiger partial charge in [0, 0.05) is 44.3 Å². The Balaban J connectivity index is 1.27. The molecule has 3 aliphatic rings. The highest BCUT2D eigenvalue weighted by Gasteiger charge is 2.29. The van der Waals surface area contributed by atoms with E-state index in [1.54, 1.807) is 0 Å². The van der Waals surface area contributed by atoms with Crippen molar-refractivity contribution in [1.29, 1.82) is 0 Å². The standard InChI is InChI=1S/C17H26N4O2/c22-17(16-11-15(18-19-16)14-1-2-14)21-5-3-13(4-6-21)12-20-7-9-23-10-8-20/h11,13-14H,1-10,12H2,(H,18,19). The summed E-state index contributed by atoms with van der Waals surface area (Å²) in [5.74, 6) is 1.42. The van der Waals surface area contributed by atoms with Crippen LogP contribution in [0.2, 0.25) is 0 Å². The zero-order valence-corrected chi connectivity index (χ0v) is 13.7. The third kappa shape index (κ3) is 3.58. The third-order valence-electron chi connectivity index (χ3n) is 5.36. The van der Waals surface area contributed by atoms with Gasteiger partial charge < -0.3 is 9.64 Å². The van der Waals surface area contributed by atoms with Crippen molar-refractivity contribution in [3.05, 3.63) is 17.5 Å². The first-order chi connectivity index (χ1) is 11.3. The lowest BCUT2D eigenvalue weighted by molar-refractivity contribution is 0.0242. The molecule has 1 aromatic heterocycles. The van der Waals surface area contributed by atoms with Crippen molar-refractivity contribution in [3.8, 4) is 0 Å². The van der Waals surface area contributed by atoms with Gasteiger partial charge in [-0.2, -0.15) is 5.10 Å². The Labute approximate surface area is 137 Å². The minimum absolute atomic E-state index is 0.0953. The summed E-state index contributed by atoms with van der Waals surface area (Å²) in [5.41, 5.74) is 1.73. The molecule has 6 nitrogen and oxygen atoms in total. The monoisotopic (exact) mass is 318 g/mol. The predicted molar refractivity (Wildman–Crippen MR) is 86.4 cm³/mol. The van der Waals surface area contributed by atoms with Crippen LogP contribution in [0.25, 0.3) is 0 Å². The second kappa shape index (κ2) is 6.61. The molecule has 2 aliphatic heterocycles. The van der Waals surface area contributed by atoms with Gasteiger partial charge in [0.2, 0.25) is 0 Å². The molecule has 0 unspecified atom stereocenters. The number of aromatic amines is 1. The van der Waals surface area contributed by atoms with Crippen LogP contribution in [-0.2, 0) is 4.74 Å². The van der Waals surface area contributed by atoms with Gasteiger partial charge >= 0.3 is 0 Å². The van der Waals surface area contributed by atoms with E-state index in [-0.39, 0.29) is 5.91 Å². The average Bonchev–Trinajstić information content (AvgIpc) is 3.33. The van der Waals surface area contributed by atoms with Crippen molar-refractivity contribution in [2.24, 2.45) is 5.92 Å². The second-order valence-corrected chi connectivity index (χ2v) is 7.13. The van der Waals surface area contributed by atoms with Gasteiger partial charge in [0.15, 0.2) is 0 Å². The lowest BCUT2D eigenvalue weighted by Crippen LogP contribution is -2.44. The van der Waals surface area contributed by atoms with Gasteiger partial charge in [-0.3, -0.25) is 14.8 Å². The molecule has 2 saturated heterocycles. The van der Waals surface area contributed by atoms with E-state index in [0.29, 0.717) is 17.5 Å². The van der Waals surface area contributed by atoms with E-state index in [9.17, 15) is 4.79 Å². The van der Waals surface area contributed by atoms with Crippen molar-refractivity contribution in [1.82, 2.24) is 20.0 Å². The number of rotatable bonds is 4. The molecule has 1 aliphatic carbocycles. The lowest BCUT2D eigenvalue weighted by atomic mass is 9.96. The summed E-state index contributed by atoms with van der Waals surface area (Å²) in [6.07, 6.45) is 4.65. The fourth-order valence-corrected chi connectivity index (χ4v) is 3.68. The number of carbonyl (C=O) groups is 1. The number of H-pyrrole nitrogens is 1. The molecule has 0 atom stereocenters. The number of likely N-dealkylation sites (tertiary alicyclic amines) is 1. The third-order valence-corrected chi connectivity index (χ3v) is 5.36. The molecule has 3 heterocycles. The smallest absolute Gasteiger partial charge is 0.274 e. The molecule has 126 valence electrons. The van der Waals surface area contributed by atoms with E-state index in [2.05, 4.69) is 15.1 Å². The Morgan fingerprint density at radius 2 is 1.91 bits per heavy atom. The molecule has 0 spiro atoms. The van der Waals surface area contributed by atoms with E-state index in [0.717, 1.165) is 64.5 Å². The molecule has 0 bridgehead atoms. The number of hydrogen-bond donors (Lipinski definition) is 1. The molecule has 3 fully saturated rings. The van der Waals surface area contributed by atoms with Crippen LogP contribution in [0.3, 0.4) is 0 Å². The van der Waals surface area contributed by atoms with Gasteiger partial charge in [-0.05, 0) is 37.7 Å². The fraction of sp³-hybridized carbons (Fsp3) is 0.765. The predicted octanol–water partition coefficient (Wildman–Crippen LogP) is 1.47. The highest BCUT2D eigenvalue weighted by atomic mass is 16.5. The van der Waals surface area contributed by atoms with Crippen LogP contribution in [-0.4, -0.2) is 71.8 Å². The number of aromatic nitrogens is 2. The summed E-state index contributed by atoms with van der Waals surface area (Å²) in [4.78, 5) is 17.0. The van der Waals surface area contributed by atoms with Crippen LogP contribution in [0, 0.1) is 5.92 Å². The number of ether oxygens (including phenoxy) is 1. The SMILES string of the molecule is O=C(c1cc(C2CC2)[nH]n1)N1CCC(CN2CCOCC2)CC1. The second-order valence-electron chi connectivity index (χ2n) is 7.13. The van der Waals surface area contributed by atoms with Crippen molar-refractivity contribution in [2.45, 2.75) is 31.6 Å². The number of nitrogens with one attached hydrogen (secondary N) is 1. The highest BCUT2D eigenvalue weighted by molar-refractivity contribution is 5.92. The van der Waals surface area contributed by atoms with E-state index < -0.39 is 0 Å². The molecule has 23 heavy (non-hydrogen) atoms. The minimum Gasteiger partial charge on any atom is -0.379 e. The Morgan fingerprint density at radius 1 is 1.17 bits per heavy atom. The fourth-order valence-electron chi connectivity index (χ4n) is 3.68. The Kier molecular flexibility index (Phi) is 4.35. The molecule has 1 amide bonds. The van der Waals surface area contributed by atoms with Gasteiger partial charge in [0.25, 0.3) is 5.91 Å². The van der Waals surface area contributed by atoms with E-state index in [4.69, 9.17) is 4.74 Å². The van der Waals surface area contributed by atoms with Gasteiger partial charge in [0.1, 0.15) is 5.69 Å². The number of carbonyl (C=O) groups excluding carboxylic acids is 1. The topological polar surface area (TPSA) is 61.5 Å². The Morgan fingerprint density at radius 3 is 2.61 bits per heavy atom. The molecular weight excluding hydrogens is 292 g/mol. The Hall–Kier alpha value is -1.40.